The average molecular weight is 632 g/mol. The van der Waals surface area contributed by atoms with Crippen LogP contribution in [0.5, 0.6) is 0 Å². The molecule has 248 valence electrons. The molecule has 10 nitrogen and oxygen atoms in total. The molecular weight excluding hydrogens is 582 g/mol. The number of nitrogens with two attached hydrogens (primary N) is 1. The highest BCUT2D eigenvalue weighted by Gasteiger charge is 2.45. The number of primary amides is 1. The first-order chi connectivity index (χ1) is 22.1. The Morgan fingerprint density at radius 2 is 1.54 bits per heavy atom. The normalized spacial score (nSPS) is 22.4. The summed E-state index contributed by atoms with van der Waals surface area (Å²) in [5.41, 5.74) is 5.78. The summed E-state index contributed by atoms with van der Waals surface area (Å²) in [7, 11) is 0. The Labute approximate surface area is 271 Å². The van der Waals surface area contributed by atoms with Gasteiger partial charge in [-0.05, 0) is 73.5 Å². The minimum absolute atomic E-state index is 0.0177. The van der Waals surface area contributed by atoms with E-state index in [2.05, 4.69) is 15.5 Å². The molecule has 10 heteroatoms. The van der Waals surface area contributed by atoms with E-state index in [1.165, 1.54) is 6.42 Å². The van der Waals surface area contributed by atoms with E-state index in [4.69, 9.17) is 5.73 Å². The Balaban J connectivity index is 1.41. The van der Waals surface area contributed by atoms with Crippen molar-refractivity contribution in [2.24, 2.45) is 17.6 Å². The van der Waals surface area contributed by atoms with Gasteiger partial charge >= 0.3 is 0 Å². The van der Waals surface area contributed by atoms with E-state index >= 15 is 0 Å². The molecule has 3 aliphatic rings. The summed E-state index contributed by atoms with van der Waals surface area (Å²) in [4.78, 5) is 70.5. The smallest absolute Gasteiger partial charge is 0.287 e. The van der Waals surface area contributed by atoms with E-state index in [1.807, 2.05) is 36.4 Å². The number of carbonyl (C=O) groups is 5. The number of benzene rings is 2. The summed E-state index contributed by atoms with van der Waals surface area (Å²) in [6.45, 7) is 5.64. The van der Waals surface area contributed by atoms with Gasteiger partial charge in [0.25, 0.3) is 11.8 Å². The van der Waals surface area contributed by atoms with Gasteiger partial charge in [-0.15, -0.1) is 0 Å². The zero-order valence-electron chi connectivity index (χ0n) is 27.2. The van der Waals surface area contributed by atoms with Crippen molar-refractivity contribution in [1.82, 2.24) is 20.4 Å². The molecule has 0 aromatic heterocycles. The molecule has 2 aromatic carbocycles. The Morgan fingerprint density at radius 3 is 2.22 bits per heavy atom. The lowest BCUT2D eigenvalue weighted by Gasteiger charge is -2.33. The lowest BCUT2D eigenvalue weighted by atomic mass is 9.84. The van der Waals surface area contributed by atoms with Gasteiger partial charge in [0.05, 0.1) is 6.04 Å². The van der Waals surface area contributed by atoms with Crippen molar-refractivity contribution < 1.29 is 24.0 Å². The fourth-order valence-corrected chi connectivity index (χ4v) is 7.54. The lowest BCUT2D eigenvalue weighted by Crippen LogP contribution is -2.57. The molecule has 0 spiro atoms. The monoisotopic (exact) mass is 631 g/mol. The van der Waals surface area contributed by atoms with E-state index in [0.717, 1.165) is 68.8 Å². The molecule has 2 heterocycles. The summed E-state index contributed by atoms with van der Waals surface area (Å²) in [5.74, 6) is -3.10. The van der Waals surface area contributed by atoms with Crippen LogP contribution in [-0.2, 0) is 19.2 Å². The molecule has 3 fully saturated rings. The van der Waals surface area contributed by atoms with Crippen molar-refractivity contribution in [3.63, 3.8) is 0 Å². The zero-order valence-corrected chi connectivity index (χ0v) is 27.2. The largest absolute Gasteiger partial charge is 0.363 e. The Hall–Kier alpha value is -3.79. The number of rotatable bonds is 11. The van der Waals surface area contributed by atoms with Gasteiger partial charge in [0, 0.05) is 18.2 Å². The molecule has 4 atom stereocenters. The van der Waals surface area contributed by atoms with Crippen LogP contribution in [0.4, 0.5) is 0 Å². The van der Waals surface area contributed by atoms with Gasteiger partial charge in [-0.25, -0.2) is 0 Å². The average Bonchev–Trinajstić information content (AvgIpc) is 3.52. The quantitative estimate of drug-likeness (QED) is 0.324. The van der Waals surface area contributed by atoms with Crippen molar-refractivity contribution in [3.8, 4) is 0 Å². The van der Waals surface area contributed by atoms with Crippen LogP contribution in [0.25, 0.3) is 10.8 Å². The Bertz CT molecular complexity index is 1430. The second kappa shape index (κ2) is 15.2. The first kappa shape index (κ1) is 33.6. The van der Waals surface area contributed by atoms with Crippen molar-refractivity contribution in [2.45, 2.75) is 102 Å². The summed E-state index contributed by atoms with van der Waals surface area (Å²) >= 11 is 0. The minimum Gasteiger partial charge on any atom is -0.363 e. The number of amides is 4. The van der Waals surface area contributed by atoms with E-state index in [1.54, 1.807) is 24.8 Å². The third-order valence-electron chi connectivity index (χ3n) is 10.2. The molecule has 2 unspecified atom stereocenters. The van der Waals surface area contributed by atoms with E-state index in [-0.39, 0.29) is 23.8 Å². The third-order valence-corrected chi connectivity index (χ3v) is 10.2. The molecule has 46 heavy (non-hydrogen) atoms. The van der Waals surface area contributed by atoms with Gasteiger partial charge in [-0.1, -0.05) is 82.7 Å². The van der Waals surface area contributed by atoms with E-state index < -0.39 is 35.7 Å². The molecule has 1 saturated carbocycles. The van der Waals surface area contributed by atoms with Gasteiger partial charge < -0.3 is 21.3 Å². The first-order valence-corrected chi connectivity index (χ1v) is 17.1. The van der Waals surface area contributed by atoms with Crippen LogP contribution in [0.1, 0.15) is 88.4 Å². The van der Waals surface area contributed by atoms with Crippen molar-refractivity contribution in [3.05, 3.63) is 48.0 Å². The van der Waals surface area contributed by atoms with Crippen LogP contribution in [-0.4, -0.2) is 83.0 Å². The predicted molar refractivity (Wildman–Crippen MR) is 177 cm³/mol. The summed E-state index contributed by atoms with van der Waals surface area (Å²) in [6.07, 6.45) is 9.58. The predicted octanol–water partition coefficient (Wildman–Crippen LogP) is 3.56. The highest BCUT2D eigenvalue weighted by atomic mass is 16.2. The van der Waals surface area contributed by atoms with E-state index in [0.29, 0.717) is 30.9 Å². The summed E-state index contributed by atoms with van der Waals surface area (Å²) in [6, 6.07) is 10.6. The van der Waals surface area contributed by atoms with Crippen LogP contribution in [0.2, 0.25) is 0 Å². The van der Waals surface area contributed by atoms with E-state index in [9.17, 15) is 24.0 Å². The Kier molecular flexibility index (Phi) is 11.1. The van der Waals surface area contributed by atoms with Crippen molar-refractivity contribution in [2.75, 3.05) is 19.6 Å². The van der Waals surface area contributed by atoms with Gasteiger partial charge in [-0.2, -0.15) is 0 Å². The number of ketones is 1. The number of nitrogens with one attached hydrogen (secondary N) is 2. The summed E-state index contributed by atoms with van der Waals surface area (Å²) < 4.78 is 0. The van der Waals surface area contributed by atoms with Gasteiger partial charge in [0.15, 0.2) is 0 Å². The molecule has 1 aliphatic carbocycles. The second-order valence-corrected chi connectivity index (χ2v) is 13.8. The molecule has 0 bridgehead atoms. The topological polar surface area (TPSA) is 142 Å². The maximum atomic E-state index is 14.6. The maximum Gasteiger partial charge on any atom is 0.287 e. The molecule has 0 radical (unpaired) electrons. The van der Waals surface area contributed by atoms with Gasteiger partial charge in [0.2, 0.25) is 17.6 Å². The van der Waals surface area contributed by atoms with Crippen LogP contribution in [0, 0.1) is 11.8 Å². The number of likely N-dealkylation sites (tertiary alicyclic amines) is 2. The molecular formula is C36H49N5O5. The van der Waals surface area contributed by atoms with Crippen LogP contribution < -0.4 is 16.4 Å². The number of Topliss-reactive ketones (excluding diaryl/α,β-unsaturated/α-hetero) is 1. The first-order valence-electron chi connectivity index (χ1n) is 17.1. The molecule has 2 aromatic rings. The summed E-state index contributed by atoms with van der Waals surface area (Å²) in [5, 5.41) is 7.81. The highest BCUT2D eigenvalue weighted by Crippen LogP contribution is 2.31. The molecule has 5 rings (SSSR count). The SMILES string of the molecule is CC(C)C(NC(=O)[C@@H]1C[C@@H](N2CCCCC2)CN1C(=O)C(CC1CCCCC1)NC(=O)c1ccc2ccccc2c1)C(=O)C(N)=O. The minimum atomic E-state index is -1.10. The number of nitrogens with zero attached hydrogens (tertiary/aromatic N) is 2. The van der Waals surface area contributed by atoms with Crippen LogP contribution in [0.3, 0.4) is 0 Å². The number of carbonyl (C=O) groups excluding carboxylic acids is 5. The van der Waals surface area contributed by atoms with Crippen LogP contribution >= 0.6 is 0 Å². The van der Waals surface area contributed by atoms with Gasteiger partial charge in [-0.3, -0.25) is 28.9 Å². The molecule has 4 amide bonds. The maximum absolute atomic E-state index is 14.6. The highest BCUT2D eigenvalue weighted by molar-refractivity contribution is 6.38. The second-order valence-electron chi connectivity index (χ2n) is 13.8. The number of hydrogen-bond donors (Lipinski definition) is 3. The van der Waals surface area contributed by atoms with Crippen molar-refractivity contribution in [1.29, 1.82) is 0 Å². The number of fused-ring (bicyclic) bond motifs is 1. The standard InChI is InChI=1S/C36H49N5O5/c1-23(2)31(32(42)33(37)43)39-35(45)30-21-28(40-17-9-4-10-18-40)22-41(30)36(46)29(19-24-11-5-3-6-12-24)38-34(44)27-16-15-25-13-7-8-14-26(25)20-27/h7-8,13-16,20,23-24,28-31H,3-6,9-12,17-19,21-22H2,1-2H3,(H2,37,43)(H,38,44)(H,39,45)/t28-,29?,30+,31?/m1/s1. The third kappa shape index (κ3) is 7.94. The lowest BCUT2D eigenvalue weighted by molar-refractivity contribution is -0.142. The van der Waals surface area contributed by atoms with Crippen molar-refractivity contribution >= 4 is 40.2 Å². The molecule has 4 N–H and O–H groups in total. The van der Waals surface area contributed by atoms with Gasteiger partial charge in [0.1, 0.15) is 12.1 Å². The fourth-order valence-electron chi connectivity index (χ4n) is 7.54. The molecule has 2 aliphatic heterocycles. The molecule has 2 saturated heterocycles. The zero-order chi connectivity index (χ0) is 32.8. The fraction of sp³-hybridized carbons (Fsp3) is 0.583. The number of piperidine rings is 1. The van der Waals surface area contributed by atoms with Crippen LogP contribution in [0.15, 0.2) is 42.5 Å². The Morgan fingerprint density at radius 1 is 0.870 bits per heavy atom. The number of hydrogen-bond acceptors (Lipinski definition) is 6.